The first-order chi connectivity index (χ1) is 15.3. The molecule has 0 spiro atoms. The van der Waals surface area contributed by atoms with E-state index in [1.807, 2.05) is 18.3 Å². The van der Waals surface area contributed by atoms with Crippen molar-refractivity contribution < 1.29 is 4.74 Å². The van der Waals surface area contributed by atoms with E-state index in [1.54, 1.807) is 0 Å². The molecule has 166 valence electrons. The maximum absolute atomic E-state index is 5.97. The first kappa shape index (κ1) is 22.9. The average molecular weight is 420 g/mol. The number of nitrogens with one attached hydrogen (secondary N) is 2. The molecule has 0 aromatic carbocycles. The molecule has 2 aromatic rings. The molecule has 0 amide bonds. The van der Waals surface area contributed by atoms with Crippen LogP contribution in [-0.4, -0.2) is 22.3 Å². The summed E-state index contributed by atoms with van der Waals surface area (Å²) in [5.74, 6) is 0.879. The number of ether oxygens (including phenoxy) is 1. The van der Waals surface area contributed by atoms with Crippen molar-refractivity contribution in [1.29, 1.82) is 0 Å². The molecular weight excluding hydrogens is 382 g/mol. The van der Waals surface area contributed by atoms with Gasteiger partial charge in [0.05, 0.1) is 29.4 Å². The van der Waals surface area contributed by atoms with Crippen LogP contribution in [0.25, 0.3) is 17.5 Å². The van der Waals surface area contributed by atoms with E-state index in [-0.39, 0.29) is 0 Å². The van der Waals surface area contributed by atoms with Crippen LogP contribution in [0.2, 0.25) is 0 Å². The first-order valence-corrected chi connectivity index (χ1v) is 11.9. The van der Waals surface area contributed by atoms with E-state index in [4.69, 9.17) is 9.73 Å². The van der Waals surface area contributed by atoms with Crippen molar-refractivity contribution in [3.63, 3.8) is 0 Å². The molecule has 0 saturated carbocycles. The maximum atomic E-state index is 5.97. The molecule has 0 atom stereocenters. The van der Waals surface area contributed by atoms with Gasteiger partial charge >= 0.3 is 0 Å². The molecule has 31 heavy (non-hydrogen) atoms. The number of hydrogen-bond donors (Lipinski definition) is 2. The standard InChI is InChI=1S/C27H37N3O/c1-3-5-6-7-8-9-10-11-12-14-22-16-17-23(29-22)20-26-27(31-19-4-2)21-25(30-26)24-15-13-18-28-24/h3,13,15-18,20-21,28,30H,1,4-12,14,19H2,2H3/b23-20+. The SMILES string of the molecule is C=CCCCCCCCCCC1=N/C(=C/c2[nH]c(-c3ccc[nH]3)cc2OCCC)C=C1. The number of nitrogens with zero attached hydrogens (tertiary/aromatic N) is 1. The number of aromatic nitrogens is 2. The number of allylic oxidation sites excluding steroid dienone is 3. The van der Waals surface area contributed by atoms with E-state index < -0.39 is 0 Å². The van der Waals surface area contributed by atoms with E-state index in [1.165, 1.54) is 50.7 Å². The van der Waals surface area contributed by atoms with Crippen molar-refractivity contribution in [1.82, 2.24) is 9.97 Å². The van der Waals surface area contributed by atoms with Gasteiger partial charge in [0.25, 0.3) is 0 Å². The van der Waals surface area contributed by atoms with Gasteiger partial charge in [-0.05, 0) is 62.5 Å². The minimum atomic E-state index is 0.705. The molecule has 4 nitrogen and oxygen atoms in total. The van der Waals surface area contributed by atoms with Crippen molar-refractivity contribution in [2.45, 2.75) is 71.1 Å². The quantitative estimate of drug-likeness (QED) is 0.224. The van der Waals surface area contributed by atoms with Crippen LogP contribution in [0.3, 0.4) is 0 Å². The van der Waals surface area contributed by atoms with Crippen LogP contribution in [-0.2, 0) is 0 Å². The predicted molar refractivity (Wildman–Crippen MR) is 133 cm³/mol. The lowest BCUT2D eigenvalue weighted by Crippen LogP contribution is -1.95. The normalized spacial score (nSPS) is 14.4. The molecule has 0 aliphatic carbocycles. The number of hydrogen-bond acceptors (Lipinski definition) is 2. The Morgan fingerprint density at radius 3 is 2.58 bits per heavy atom. The third kappa shape index (κ3) is 7.46. The lowest BCUT2D eigenvalue weighted by atomic mass is 10.1. The van der Waals surface area contributed by atoms with E-state index in [0.29, 0.717) is 6.61 Å². The fraction of sp³-hybridized carbons (Fsp3) is 0.444. The van der Waals surface area contributed by atoms with Gasteiger partial charge < -0.3 is 14.7 Å². The summed E-state index contributed by atoms with van der Waals surface area (Å²) in [6.07, 6.45) is 22.7. The average Bonchev–Trinajstić information content (AvgIpc) is 3.53. The molecule has 0 bridgehead atoms. The van der Waals surface area contributed by atoms with Crippen molar-refractivity contribution in [3.8, 4) is 17.1 Å². The lowest BCUT2D eigenvalue weighted by molar-refractivity contribution is 0.317. The minimum Gasteiger partial charge on any atom is -0.491 e. The fourth-order valence-electron chi connectivity index (χ4n) is 3.80. The Balaban J connectivity index is 1.50. The number of rotatable bonds is 15. The van der Waals surface area contributed by atoms with Crippen molar-refractivity contribution in [2.75, 3.05) is 6.61 Å². The zero-order chi connectivity index (χ0) is 21.7. The smallest absolute Gasteiger partial charge is 0.144 e. The van der Waals surface area contributed by atoms with Crippen LogP contribution in [0.4, 0.5) is 0 Å². The first-order valence-electron chi connectivity index (χ1n) is 11.9. The van der Waals surface area contributed by atoms with Gasteiger partial charge in [0.1, 0.15) is 5.75 Å². The number of unbranched alkanes of at least 4 members (excludes halogenated alkanes) is 7. The molecule has 0 saturated heterocycles. The Bertz CT molecular complexity index is 884. The minimum absolute atomic E-state index is 0.705. The van der Waals surface area contributed by atoms with Gasteiger partial charge in [0.15, 0.2) is 0 Å². The van der Waals surface area contributed by atoms with Gasteiger partial charge in [-0.2, -0.15) is 0 Å². The van der Waals surface area contributed by atoms with Gasteiger partial charge in [-0.25, -0.2) is 0 Å². The topological polar surface area (TPSA) is 53.2 Å². The van der Waals surface area contributed by atoms with Gasteiger partial charge in [0, 0.05) is 18.0 Å². The maximum Gasteiger partial charge on any atom is 0.144 e. The van der Waals surface area contributed by atoms with Gasteiger partial charge in [0.2, 0.25) is 0 Å². The Labute approximate surface area is 187 Å². The highest BCUT2D eigenvalue weighted by Crippen LogP contribution is 2.29. The Hall–Kier alpha value is -2.75. The van der Waals surface area contributed by atoms with Crippen molar-refractivity contribution in [2.24, 2.45) is 4.99 Å². The molecule has 4 heteroatoms. The molecule has 1 aliphatic heterocycles. The summed E-state index contributed by atoms with van der Waals surface area (Å²) in [4.78, 5) is 11.5. The largest absolute Gasteiger partial charge is 0.491 e. The van der Waals surface area contributed by atoms with E-state index in [0.717, 1.165) is 47.8 Å². The second kappa shape index (κ2) is 12.8. The van der Waals surface area contributed by atoms with Gasteiger partial charge in [-0.1, -0.05) is 45.1 Å². The molecular formula is C27H37N3O. The molecule has 0 unspecified atom stereocenters. The third-order valence-electron chi connectivity index (χ3n) is 5.51. The number of aliphatic imine (C=N–C) groups is 1. The summed E-state index contributed by atoms with van der Waals surface area (Å²) in [5, 5.41) is 0. The van der Waals surface area contributed by atoms with Crippen LogP contribution in [0.5, 0.6) is 5.75 Å². The zero-order valence-corrected chi connectivity index (χ0v) is 19.0. The second-order valence-corrected chi connectivity index (χ2v) is 8.20. The summed E-state index contributed by atoms with van der Waals surface area (Å²) in [6, 6.07) is 6.12. The molecule has 2 aromatic heterocycles. The highest BCUT2D eigenvalue weighted by molar-refractivity contribution is 5.99. The van der Waals surface area contributed by atoms with Crippen LogP contribution in [0.15, 0.2) is 59.9 Å². The molecule has 3 heterocycles. The van der Waals surface area contributed by atoms with Crippen molar-refractivity contribution in [3.05, 3.63) is 60.6 Å². The molecule has 3 rings (SSSR count). The van der Waals surface area contributed by atoms with Gasteiger partial charge in [-0.15, -0.1) is 6.58 Å². The summed E-state index contributed by atoms with van der Waals surface area (Å²) < 4.78 is 5.97. The Morgan fingerprint density at radius 2 is 1.84 bits per heavy atom. The summed E-state index contributed by atoms with van der Waals surface area (Å²) in [5.41, 5.74) is 5.22. The van der Waals surface area contributed by atoms with E-state index in [2.05, 4.69) is 53.8 Å². The highest BCUT2D eigenvalue weighted by Gasteiger charge is 2.12. The monoisotopic (exact) mass is 419 g/mol. The van der Waals surface area contributed by atoms with Crippen LogP contribution in [0.1, 0.15) is 76.8 Å². The van der Waals surface area contributed by atoms with Crippen LogP contribution < -0.4 is 4.74 Å². The number of H-pyrrole nitrogens is 2. The van der Waals surface area contributed by atoms with Crippen LogP contribution in [0, 0.1) is 0 Å². The third-order valence-corrected chi connectivity index (χ3v) is 5.51. The highest BCUT2D eigenvalue weighted by atomic mass is 16.5. The summed E-state index contributed by atoms with van der Waals surface area (Å²) in [6.45, 7) is 6.61. The number of aromatic amines is 2. The van der Waals surface area contributed by atoms with Crippen LogP contribution >= 0.6 is 0 Å². The van der Waals surface area contributed by atoms with Crippen molar-refractivity contribution >= 4 is 11.8 Å². The Morgan fingerprint density at radius 1 is 1.03 bits per heavy atom. The van der Waals surface area contributed by atoms with E-state index >= 15 is 0 Å². The molecule has 2 N–H and O–H groups in total. The molecule has 0 radical (unpaired) electrons. The molecule has 0 fully saturated rings. The summed E-state index contributed by atoms with van der Waals surface area (Å²) in [7, 11) is 0. The Kier molecular flexibility index (Phi) is 9.49. The summed E-state index contributed by atoms with van der Waals surface area (Å²) >= 11 is 0. The molecule has 1 aliphatic rings. The van der Waals surface area contributed by atoms with Gasteiger partial charge in [-0.3, -0.25) is 4.99 Å². The fourth-order valence-corrected chi connectivity index (χ4v) is 3.80. The van der Waals surface area contributed by atoms with E-state index in [9.17, 15) is 0 Å². The second-order valence-electron chi connectivity index (χ2n) is 8.20. The predicted octanol–water partition coefficient (Wildman–Crippen LogP) is 7.85. The zero-order valence-electron chi connectivity index (χ0n) is 19.0. The lowest BCUT2D eigenvalue weighted by Gasteiger charge is -2.03.